The Balaban J connectivity index is 1.72. The molecule has 2 rings (SSSR count). The van der Waals surface area contributed by atoms with E-state index >= 15 is 0 Å². The summed E-state index contributed by atoms with van der Waals surface area (Å²) in [5, 5.41) is 4.28. The highest BCUT2D eigenvalue weighted by Crippen LogP contribution is 2.18. The fraction of sp³-hybridized carbons (Fsp3) is 0.385. The summed E-state index contributed by atoms with van der Waals surface area (Å²) in [5.41, 5.74) is 1.17. The lowest BCUT2D eigenvalue weighted by Crippen LogP contribution is -2.16. The van der Waals surface area contributed by atoms with E-state index in [0.29, 0.717) is 0 Å². The van der Waals surface area contributed by atoms with E-state index in [9.17, 15) is 0 Å². The van der Waals surface area contributed by atoms with Gasteiger partial charge < -0.3 is 5.32 Å². The van der Waals surface area contributed by atoms with Crippen molar-refractivity contribution < 1.29 is 0 Å². The lowest BCUT2D eigenvalue weighted by atomic mass is 10.2. The molecule has 0 aromatic heterocycles. The molecule has 1 aliphatic carbocycles. The van der Waals surface area contributed by atoms with Gasteiger partial charge in [0.1, 0.15) is 0 Å². The van der Waals surface area contributed by atoms with Crippen LogP contribution in [-0.2, 0) is 0 Å². The van der Waals surface area contributed by atoms with Crippen LogP contribution in [0.25, 0.3) is 6.08 Å². The number of benzene rings is 1. The largest absolute Gasteiger partial charge is 0.314 e. The van der Waals surface area contributed by atoms with Crippen molar-refractivity contribution in [3.05, 3.63) is 40.9 Å². The monoisotopic (exact) mass is 221 g/mol. The van der Waals surface area contributed by atoms with E-state index in [1.54, 1.807) is 0 Å². The Kier molecular flexibility index (Phi) is 3.81. The molecule has 0 atom stereocenters. The van der Waals surface area contributed by atoms with Crippen molar-refractivity contribution in [1.82, 2.24) is 5.32 Å². The molecule has 1 fully saturated rings. The number of hydrogen-bond donors (Lipinski definition) is 1. The first kappa shape index (κ1) is 10.7. The molecule has 0 bridgehead atoms. The van der Waals surface area contributed by atoms with Crippen molar-refractivity contribution in [2.24, 2.45) is 0 Å². The Hall–Kier alpha value is -0.790. The summed E-state index contributed by atoms with van der Waals surface area (Å²) in [7, 11) is 0. The van der Waals surface area contributed by atoms with E-state index in [0.717, 1.165) is 24.0 Å². The fourth-order valence-electron chi connectivity index (χ4n) is 1.49. The quantitative estimate of drug-likeness (QED) is 0.751. The third kappa shape index (κ3) is 4.06. The van der Waals surface area contributed by atoms with E-state index < -0.39 is 0 Å². The molecule has 1 nitrogen and oxygen atoms in total. The highest BCUT2D eigenvalue weighted by molar-refractivity contribution is 6.30. The zero-order valence-corrected chi connectivity index (χ0v) is 9.50. The van der Waals surface area contributed by atoms with Crippen LogP contribution in [0.3, 0.4) is 0 Å². The maximum Gasteiger partial charge on any atom is 0.0411 e. The van der Waals surface area contributed by atoms with Crippen LogP contribution in [0.4, 0.5) is 0 Å². The summed E-state index contributed by atoms with van der Waals surface area (Å²) < 4.78 is 0. The summed E-state index contributed by atoms with van der Waals surface area (Å²) >= 11 is 5.89. The van der Waals surface area contributed by atoms with Crippen LogP contribution in [0.15, 0.2) is 30.3 Å². The molecule has 15 heavy (non-hydrogen) atoms. The minimum atomic E-state index is 0.799. The first-order valence-corrected chi connectivity index (χ1v) is 5.88. The predicted molar refractivity (Wildman–Crippen MR) is 66.1 cm³/mol. The lowest BCUT2D eigenvalue weighted by Gasteiger charge is -1.98. The average molecular weight is 222 g/mol. The Morgan fingerprint density at radius 1 is 1.40 bits per heavy atom. The third-order valence-electron chi connectivity index (χ3n) is 2.48. The second-order valence-corrected chi connectivity index (χ2v) is 4.41. The van der Waals surface area contributed by atoms with Gasteiger partial charge in [0.05, 0.1) is 0 Å². The normalized spacial score (nSPS) is 16.1. The molecule has 0 amide bonds. The summed E-state index contributed by atoms with van der Waals surface area (Å²) in [6.45, 7) is 1.09. The van der Waals surface area contributed by atoms with Gasteiger partial charge in [-0.3, -0.25) is 0 Å². The van der Waals surface area contributed by atoms with Crippen LogP contribution in [0.1, 0.15) is 24.8 Å². The minimum absolute atomic E-state index is 0.799. The molecule has 1 aromatic carbocycles. The van der Waals surface area contributed by atoms with E-state index in [2.05, 4.69) is 23.5 Å². The molecule has 0 saturated heterocycles. The van der Waals surface area contributed by atoms with Crippen molar-refractivity contribution in [3.63, 3.8) is 0 Å². The molecule has 0 spiro atoms. The van der Waals surface area contributed by atoms with E-state index in [1.807, 2.05) is 18.2 Å². The van der Waals surface area contributed by atoms with Crippen molar-refractivity contribution in [3.8, 4) is 0 Å². The highest BCUT2D eigenvalue weighted by Gasteiger charge is 2.19. The molecule has 1 saturated carbocycles. The molecule has 2 heteroatoms. The van der Waals surface area contributed by atoms with Gasteiger partial charge in [-0.15, -0.1) is 0 Å². The number of hydrogen-bond acceptors (Lipinski definition) is 1. The van der Waals surface area contributed by atoms with Gasteiger partial charge >= 0.3 is 0 Å². The third-order valence-corrected chi connectivity index (χ3v) is 2.72. The molecule has 1 aromatic rings. The zero-order chi connectivity index (χ0) is 10.5. The van der Waals surface area contributed by atoms with Gasteiger partial charge in [-0.2, -0.15) is 0 Å². The van der Waals surface area contributed by atoms with E-state index in [4.69, 9.17) is 11.6 Å². The van der Waals surface area contributed by atoms with Gasteiger partial charge in [0.15, 0.2) is 0 Å². The van der Waals surface area contributed by atoms with Crippen molar-refractivity contribution >= 4 is 17.7 Å². The minimum Gasteiger partial charge on any atom is -0.314 e. The van der Waals surface area contributed by atoms with Crippen LogP contribution in [-0.4, -0.2) is 12.6 Å². The molecular weight excluding hydrogens is 206 g/mol. The summed E-state index contributed by atoms with van der Waals surface area (Å²) in [4.78, 5) is 0. The summed E-state index contributed by atoms with van der Waals surface area (Å²) in [5.74, 6) is 0. The summed E-state index contributed by atoms with van der Waals surface area (Å²) in [6.07, 6.45) is 8.13. The zero-order valence-electron chi connectivity index (χ0n) is 8.75. The number of nitrogens with one attached hydrogen (secondary N) is 1. The van der Waals surface area contributed by atoms with Crippen LogP contribution in [0, 0.1) is 0 Å². The van der Waals surface area contributed by atoms with Crippen LogP contribution in [0.2, 0.25) is 5.02 Å². The lowest BCUT2D eigenvalue weighted by molar-refractivity contribution is 0.691. The first-order chi connectivity index (χ1) is 7.34. The maximum atomic E-state index is 5.89. The second-order valence-electron chi connectivity index (χ2n) is 3.97. The van der Waals surface area contributed by atoms with E-state index in [-0.39, 0.29) is 0 Å². The molecule has 0 radical (unpaired) electrons. The average Bonchev–Trinajstić information content (AvgIpc) is 3.01. The van der Waals surface area contributed by atoms with Gasteiger partial charge in [0, 0.05) is 11.1 Å². The van der Waals surface area contributed by atoms with Crippen LogP contribution < -0.4 is 5.32 Å². The fourth-order valence-corrected chi connectivity index (χ4v) is 1.69. The molecule has 0 aliphatic heterocycles. The van der Waals surface area contributed by atoms with Gasteiger partial charge in [0.25, 0.3) is 0 Å². The van der Waals surface area contributed by atoms with Gasteiger partial charge in [-0.05, 0) is 43.5 Å². The number of halogens is 1. The van der Waals surface area contributed by atoms with E-state index in [1.165, 1.54) is 18.4 Å². The molecule has 0 heterocycles. The molecule has 1 aliphatic rings. The molecule has 1 N–H and O–H groups in total. The Morgan fingerprint density at radius 3 is 3.00 bits per heavy atom. The van der Waals surface area contributed by atoms with Crippen molar-refractivity contribution in [1.29, 1.82) is 0 Å². The smallest absolute Gasteiger partial charge is 0.0411 e. The van der Waals surface area contributed by atoms with Gasteiger partial charge in [0.2, 0.25) is 0 Å². The van der Waals surface area contributed by atoms with Gasteiger partial charge in [-0.1, -0.05) is 35.9 Å². The Labute approximate surface area is 96.1 Å². The SMILES string of the molecule is Clc1cccc(C=CCCNC2CC2)c1. The Bertz CT molecular complexity index is 342. The standard InChI is InChI=1S/C13H16ClN/c14-12-6-3-5-11(10-12)4-1-2-9-15-13-7-8-13/h1,3-6,10,13,15H,2,7-9H2. The van der Waals surface area contributed by atoms with Crippen molar-refractivity contribution in [2.75, 3.05) is 6.54 Å². The van der Waals surface area contributed by atoms with Crippen LogP contribution in [0.5, 0.6) is 0 Å². The maximum absolute atomic E-state index is 5.89. The first-order valence-electron chi connectivity index (χ1n) is 5.50. The Morgan fingerprint density at radius 2 is 2.27 bits per heavy atom. The van der Waals surface area contributed by atoms with Crippen molar-refractivity contribution in [2.45, 2.75) is 25.3 Å². The molecular formula is C13H16ClN. The summed E-state index contributed by atoms with van der Waals surface area (Å²) in [6, 6.07) is 8.73. The van der Waals surface area contributed by atoms with Gasteiger partial charge in [-0.25, -0.2) is 0 Å². The topological polar surface area (TPSA) is 12.0 Å². The second kappa shape index (κ2) is 5.34. The van der Waals surface area contributed by atoms with Crippen LogP contribution >= 0.6 is 11.6 Å². The molecule has 0 unspecified atom stereocenters. The highest BCUT2D eigenvalue weighted by atomic mass is 35.5. The molecule has 80 valence electrons. The predicted octanol–water partition coefficient (Wildman–Crippen LogP) is 3.50. The number of rotatable bonds is 5.